The molecule has 6 nitrogen and oxygen atoms in total. The standard InChI is InChI=1S/C15H13ClF3N3O3/c1-7-9(16)3-2-4-10(7)22-12(24)14(15(17,18)19,21-13(22)25)20-11(23)8-5-6-8/h2-4,8H,5-6H2,1H3,(H,20,23)(H,21,25)/t14-/m0/s1. The van der Waals surface area contributed by atoms with Crippen molar-refractivity contribution in [2.75, 3.05) is 4.90 Å². The summed E-state index contributed by atoms with van der Waals surface area (Å²) in [5, 5.41) is 3.48. The number of carbonyl (C=O) groups excluding carboxylic acids is 3. The Morgan fingerprint density at radius 2 is 2.00 bits per heavy atom. The fourth-order valence-electron chi connectivity index (χ4n) is 2.57. The first-order valence-electron chi connectivity index (χ1n) is 7.39. The van der Waals surface area contributed by atoms with Gasteiger partial charge in [-0.05, 0) is 37.5 Å². The maximum Gasteiger partial charge on any atom is 0.440 e. The van der Waals surface area contributed by atoms with Gasteiger partial charge in [-0.1, -0.05) is 17.7 Å². The molecule has 1 aromatic rings. The molecule has 4 amide bonds. The van der Waals surface area contributed by atoms with Crippen LogP contribution in [0.1, 0.15) is 18.4 Å². The predicted molar refractivity (Wildman–Crippen MR) is 81.9 cm³/mol. The van der Waals surface area contributed by atoms with Gasteiger partial charge in [0.2, 0.25) is 5.91 Å². The third-order valence-corrected chi connectivity index (χ3v) is 4.59. The molecule has 1 aliphatic heterocycles. The third-order valence-electron chi connectivity index (χ3n) is 4.19. The maximum absolute atomic E-state index is 13.6. The van der Waals surface area contributed by atoms with Gasteiger partial charge >= 0.3 is 12.2 Å². The lowest BCUT2D eigenvalue weighted by Gasteiger charge is -2.30. The van der Waals surface area contributed by atoms with Gasteiger partial charge in [-0.2, -0.15) is 13.2 Å². The number of hydrogen-bond donors (Lipinski definition) is 2. The van der Waals surface area contributed by atoms with Gasteiger partial charge in [-0.15, -0.1) is 0 Å². The number of halogens is 4. The van der Waals surface area contributed by atoms with Crippen LogP contribution in [0.5, 0.6) is 0 Å². The van der Waals surface area contributed by atoms with Gasteiger partial charge in [-0.3, -0.25) is 14.9 Å². The predicted octanol–water partition coefficient (Wildman–Crippen LogP) is 2.49. The maximum atomic E-state index is 13.6. The Hall–Kier alpha value is -2.29. The average Bonchev–Trinajstić information content (AvgIpc) is 3.31. The number of benzene rings is 1. The molecule has 2 fully saturated rings. The molecule has 25 heavy (non-hydrogen) atoms. The summed E-state index contributed by atoms with van der Waals surface area (Å²) < 4.78 is 40.9. The zero-order valence-corrected chi connectivity index (χ0v) is 13.7. The zero-order chi connectivity index (χ0) is 18.6. The molecule has 1 saturated heterocycles. The monoisotopic (exact) mass is 375 g/mol. The van der Waals surface area contributed by atoms with Gasteiger partial charge in [0.15, 0.2) is 0 Å². The summed E-state index contributed by atoms with van der Waals surface area (Å²) in [6.07, 6.45) is -4.33. The Labute approximate surface area is 145 Å². The molecule has 0 bridgehead atoms. The number of hydrogen-bond acceptors (Lipinski definition) is 3. The molecule has 0 spiro atoms. The lowest BCUT2D eigenvalue weighted by Crippen LogP contribution is -2.69. The van der Waals surface area contributed by atoms with Crippen LogP contribution in [0.25, 0.3) is 0 Å². The molecule has 134 valence electrons. The van der Waals surface area contributed by atoms with Crippen LogP contribution >= 0.6 is 11.6 Å². The molecule has 1 heterocycles. The van der Waals surface area contributed by atoms with Crippen molar-refractivity contribution in [2.24, 2.45) is 5.92 Å². The minimum Gasteiger partial charge on any atom is -0.318 e. The van der Waals surface area contributed by atoms with Gasteiger partial charge in [0.1, 0.15) is 0 Å². The summed E-state index contributed by atoms with van der Waals surface area (Å²) in [4.78, 5) is 37.0. The second kappa shape index (κ2) is 5.62. The topological polar surface area (TPSA) is 78.5 Å². The second-order valence-electron chi connectivity index (χ2n) is 5.97. The van der Waals surface area contributed by atoms with E-state index in [9.17, 15) is 27.6 Å². The van der Waals surface area contributed by atoms with E-state index in [-0.39, 0.29) is 16.3 Å². The van der Waals surface area contributed by atoms with E-state index in [0.29, 0.717) is 17.7 Å². The number of rotatable bonds is 3. The summed E-state index contributed by atoms with van der Waals surface area (Å²) >= 11 is 5.92. The van der Waals surface area contributed by atoms with E-state index in [2.05, 4.69) is 0 Å². The van der Waals surface area contributed by atoms with Crippen molar-refractivity contribution in [3.8, 4) is 0 Å². The van der Waals surface area contributed by atoms with Gasteiger partial charge in [0, 0.05) is 10.9 Å². The molecule has 0 radical (unpaired) electrons. The Morgan fingerprint density at radius 1 is 1.36 bits per heavy atom. The normalized spacial score (nSPS) is 23.6. The fraction of sp³-hybridized carbons (Fsp3) is 0.400. The van der Waals surface area contributed by atoms with Gasteiger partial charge < -0.3 is 5.32 Å². The third kappa shape index (κ3) is 2.72. The molecule has 1 saturated carbocycles. The summed E-state index contributed by atoms with van der Waals surface area (Å²) in [6, 6.07) is 2.89. The number of alkyl halides is 3. The molecule has 10 heteroatoms. The first-order chi connectivity index (χ1) is 11.6. The number of imide groups is 1. The van der Waals surface area contributed by atoms with Crippen LogP contribution in [0, 0.1) is 12.8 Å². The molecule has 3 rings (SSSR count). The molecule has 0 unspecified atom stereocenters. The van der Waals surface area contributed by atoms with Crippen molar-refractivity contribution >= 4 is 35.1 Å². The lowest BCUT2D eigenvalue weighted by molar-refractivity contribution is -0.201. The summed E-state index contributed by atoms with van der Waals surface area (Å²) in [5.41, 5.74) is -3.31. The number of anilines is 1. The highest BCUT2D eigenvalue weighted by Crippen LogP contribution is 2.39. The van der Waals surface area contributed by atoms with E-state index in [1.165, 1.54) is 25.1 Å². The molecule has 2 N–H and O–H groups in total. The van der Waals surface area contributed by atoms with Crippen molar-refractivity contribution in [3.05, 3.63) is 28.8 Å². The molecular formula is C15H13ClF3N3O3. The van der Waals surface area contributed by atoms with Gasteiger partial charge in [0.25, 0.3) is 11.6 Å². The van der Waals surface area contributed by atoms with Crippen molar-refractivity contribution in [1.29, 1.82) is 0 Å². The highest BCUT2D eigenvalue weighted by molar-refractivity contribution is 6.32. The molecule has 1 aliphatic carbocycles. The van der Waals surface area contributed by atoms with Crippen LogP contribution in [-0.4, -0.2) is 29.7 Å². The van der Waals surface area contributed by atoms with Crippen molar-refractivity contribution in [2.45, 2.75) is 31.6 Å². The smallest absolute Gasteiger partial charge is 0.318 e. The van der Waals surface area contributed by atoms with E-state index >= 15 is 0 Å². The largest absolute Gasteiger partial charge is 0.440 e. The number of nitrogens with one attached hydrogen (secondary N) is 2. The fourth-order valence-corrected chi connectivity index (χ4v) is 2.74. The van der Waals surface area contributed by atoms with Gasteiger partial charge in [0.05, 0.1) is 5.69 Å². The van der Waals surface area contributed by atoms with Crippen molar-refractivity contribution in [1.82, 2.24) is 10.6 Å². The second-order valence-corrected chi connectivity index (χ2v) is 6.37. The Balaban J connectivity index is 2.04. The van der Waals surface area contributed by atoms with E-state index < -0.39 is 35.6 Å². The van der Waals surface area contributed by atoms with E-state index in [1.807, 2.05) is 0 Å². The highest BCUT2D eigenvalue weighted by Gasteiger charge is 2.69. The Morgan fingerprint density at radius 3 is 2.56 bits per heavy atom. The van der Waals surface area contributed by atoms with Crippen LogP contribution in [0.15, 0.2) is 18.2 Å². The number of carbonyl (C=O) groups is 3. The molecule has 0 aromatic heterocycles. The SMILES string of the molecule is Cc1c(Cl)cccc1N1C(=O)N[C@](NC(=O)C2CC2)(C(F)(F)F)C1=O. The average molecular weight is 376 g/mol. The van der Waals surface area contributed by atoms with E-state index in [4.69, 9.17) is 11.6 Å². The van der Waals surface area contributed by atoms with Crippen LogP contribution in [0.3, 0.4) is 0 Å². The first-order valence-corrected chi connectivity index (χ1v) is 7.77. The molecular weight excluding hydrogens is 363 g/mol. The summed E-state index contributed by atoms with van der Waals surface area (Å²) in [6.45, 7) is 1.47. The minimum atomic E-state index is -5.22. The zero-order valence-electron chi connectivity index (χ0n) is 12.9. The lowest BCUT2D eigenvalue weighted by atomic mass is 10.1. The number of amides is 4. The first kappa shape index (κ1) is 17.5. The number of urea groups is 1. The quantitative estimate of drug-likeness (QED) is 0.797. The number of nitrogens with zero attached hydrogens (tertiary/aromatic N) is 1. The van der Waals surface area contributed by atoms with Crippen LogP contribution in [0.4, 0.5) is 23.7 Å². The van der Waals surface area contributed by atoms with Crippen LogP contribution in [-0.2, 0) is 9.59 Å². The van der Waals surface area contributed by atoms with Crippen LogP contribution < -0.4 is 15.5 Å². The molecule has 1 atom stereocenters. The van der Waals surface area contributed by atoms with Gasteiger partial charge in [-0.25, -0.2) is 9.69 Å². The van der Waals surface area contributed by atoms with E-state index in [1.54, 1.807) is 10.6 Å². The van der Waals surface area contributed by atoms with E-state index in [0.717, 1.165) is 0 Å². The molecule has 2 aliphatic rings. The Kier molecular flexibility index (Phi) is 3.94. The summed E-state index contributed by atoms with van der Waals surface area (Å²) in [7, 11) is 0. The Bertz CT molecular complexity index is 779. The summed E-state index contributed by atoms with van der Waals surface area (Å²) in [5.74, 6) is -3.12. The molecule has 1 aromatic carbocycles. The highest BCUT2D eigenvalue weighted by atomic mass is 35.5. The van der Waals surface area contributed by atoms with Crippen molar-refractivity contribution < 1.29 is 27.6 Å². The van der Waals surface area contributed by atoms with Crippen LogP contribution in [0.2, 0.25) is 5.02 Å². The van der Waals surface area contributed by atoms with Crippen molar-refractivity contribution in [3.63, 3.8) is 0 Å². The minimum absolute atomic E-state index is 0.0817.